The van der Waals surface area contributed by atoms with Crippen molar-refractivity contribution in [2.45, 2.75) is 38.6 Å². The molecule has 0 aliphatic carbocycles. The molecule has 1 N–H and O–H groups in total. The van der Waals surface area contributed by atoms with E-state index in [0.717, 1.165) is 38.0 Å². The second-order valence-corrected chi connectivity index (χ2v) is 8.25. The minimum absolute atomic E-state index is 0.0693. The molecule has 0 bridgehead atoms. The number of carbonyl (C=O) groups excluding carboxylic acids is 2. The summed E-state index contributed by atoms with van der Waals surface area (Å²) >= 11 is 6.03. The molecule has 0 radical (unpaired) electrons. The average Bonchev–Trinajstić information content (AvgIpc) is 2.67. The Morgan fingerprint density at radius 1 is 1.19 bits per heavy atom. The maximum atomic E-state index is 13.0. The second-order valence-electron chi connectivity index (χ2n) is 7.81. The number of hydrogen-bond acceptors (Lipinski definition) is 3. The molecule has 0 spiro atoms. The molecule has 0 aromatic heterocycles. The number of benzene rings is 1. The van der Waals surface area contributed by atoms with E-state index in [9.17, 15) is 9.59 Å². The van der Waals surface area contributed by atoms with Crippen LogP contribution < -0.4 is 5.32 Å². The van der Waals surface area contributed by atoms with Crippen molar-refractivity contribution in [1.82, 2.24) is 15.1 Å². The van der Waals surface area contributed by atoms with Crippen LogP contribution in [0.4, 0.5) is 0 Å². The number of rotatable bonds is 5. The van der Waals surface area contributed by atoms with Crippen LogP contribution in [-0.2, 0) is 9.59 Å². The van der Waals surface area contributed by atoms with Gasteiger partial charge in [0.25, 0.3) is 0 Å². The van der Waals surface area contributed by atoms with E-state index in [-0.39, 0.29) is 23.8 Å². The van der Waals surface area contributed by atoms with E-state index in [1.807, 2.05) is 36.1 Å². The van der Waals surface area contributed by atoms with Crippen LogP contribution in [0, 0.1) is 11.8 Å². The maximum absolute atomic E-state index is 13.0. The Morgan fingerprint density at radius 3 is 2.48 bits per heavy atom. The first-order valence-electron chi connectivity index (χ1n) is 10.0. The van der Waals surface area contributed by atoms with Crippen molar-refractivity contribution >= 4 is 23.4 Å². The van der Waals surface area contributed by atoms with Crippen molar-refractivity contribution in [3.05, 3.63) is 34.9 Å². The van der Waals surface area contributed by atoms with Gasteiger partial charge in [-0.25, -0.2) is 0 Å². The topological polar surface area (TPSA) is 52.7 Å². The predicted molar refractivity (Wildman–Crippen MR) is 108 cm³/mol. The lowest BCUT2D eigenvalue weighted by Gasteiger charge is -2.40. The zero-order chi connectivity index (χ0) is 19.4. The van der Waals surface area contributed by atoms with Gasteiger partial charge in [-0.1, -0.05) is 23.7 Å². The largest absolute Gasteiger partial charge is 0.356 e. The Kier molecular flexibility index (Phi) is 6.77. The van der Waals surface area contributed by atoms with E-state index in [1.54, 1.807) is 0 Å². The third-order valence-corrected chi connectivity index (χ3v) is 6.25. The summed E-state index contributed by atoms with van der Waals surface area (Å²) < 4.78 is 0. The average molecular weight is 392 g/mol. The zero-order valence-corrected chi connectivity index (χ0v) is 17.0. The Hall–Kier alpha value is -1.59. The van der Waals surface area contributed by atoms with Crippen molar-refractivity contribution in [2.75, 3.05) is 33.2 Å². The highest BCUT2D eigenvalue weighted by Crippen LogP contribution is 2.37. The summed E-state index contributed by atoms with van der Waals surface area (Å²) in [5.74, 6) is 0.526. The number of nitrogens with one attached hydrogen (secondary N) is 1. The van der Waals surface area contributed by atoms with E-state index < -0.39 is 0 Å². The fraction of sp³-hybridized carbons (Fsp3) is 0.619. The van der Waals surface area contributed by atoms with E-state index in [1.165, 1.54) is 0 Å². The number of carbonyl (C=O) groups is 2. The molecular weight excluding hydrogens is 362 g/mol. The van der Waals surface area contributed by atoms with Crippen LogP contribution in [0.25, 0.3) is 0 Å². The molecule has 0 saturated carbocycles. The molecule has 6 heteroatoms. The minimum Gasteiger partial charge on any atom is -0.356 e. The monoisotopic (exact) mass is 391 g/mol. The maximum Gasteiger partial charge on any atom is 0.225 e. The summed E-state index contributed by atoms with van der Waals surface area (Å²) in [5, 5.41) is 3.85. The molecule has 5 nitrogen and oxygen atoms in total. The van der Waals surface area contributed by atoms with E-state index in [0.29, 0.717) is 30.3 Å². The van der Waals surface area contributed by atoms with Gasteiger partial charge in [-0.15, -0.1) is 0 Å². The summed E-state index contributed by atoms with van der Waals surface area (Å²) in [6.07, 6.45) is 3.29. The third kappa shape index (κ3) is 4.82. The summed E-state index contributed by atoms with van der Waals surface area (Å²) in [6.45, 7) is 5.49. The van der Waals surface area contributed by atoms with Gasteiger partial charge in [0, 0.05) is 24.5 Å². The standard InChI is InChI=1S/C21H30ClN3O2/c1-3-25-19(26)9-8-18(20(25)16-4-6-17(22)7-5-16)21(27)23-14-15-10-12-24(2)13-11-15/h4-7,15,18,20H,3,8-14H2,1-2H3,(H,23,27)/t18-,20+/m1/s1. The van der Waals surface area contributed by atoms with Gasteiger partial charge >= 0.3 is 0 Å². The van der Waals surface area contributed by atoms with E-state index >= 15 is 0 Å². The van der Waals surface area contributed by atoms with Gasteiger partial charge in [-0.2, -0.15) is 0 Å². The van der Waals surface area contributed by atoms with Crippen LogP contribution in [0.1, 0.15) is 44.2 Å². The van der Waals surface area contributed by atoms with E-state index in [4.69, 9.17) is 11.6 Å². The van der Waals surface area contributed by atoms with Crippen molar-refractivity contribution in [1.29, 1.82) is 0 Å². The number of hydrogen-bond donors (Lipinski definition) is 1. The molecule has 27 heavy (non-hydrogen) atoms. The summed E-state index contributed by atoms with van der Waals surface area (Å²) in [4.78, 5) is 29.7. The van der Waals surface area contributed by atoms with Crippen molar-refractivity contribution in [2.24, 2.45) is 11.8 Å². The molecule has 2 fully saturated rings. The van der Waals surface area contributed by atoms with Crippen molar-refractivity contribution in [3.63, 3.8) is 0 Å². The quantitative estimate of drug-likeness (QED) is 0.839. The molecule has 2 aliphatic rings. The van der Waals surface area contributed by atoms with Crippen LogP contribution in [-0.4, -0.2) is 54.8 Å². The zero-order valence-electron chi connectivity index (χ0n) is 16.3. The summed E-state index contributed by atoms with van der Waals surface area (Å²) in [6, 6.07) is 7.32. The first-order valence-corrected chi connectivity index (χ1v) is 10.4. The Morgan fingerprint density at radius 2 is 1.85 bits per heavy atom. The van der Waals surface area contributed by atoms with Gasteiger partial charge in [0.05, 0.1) is 12.0 Å². The van der Waals surface area contributed by atoms with Crippen LogP contribution in [0.3, 0.4) is 0 Å². The van der Waals surface area contributed by atoms with Crippen LogP contribution in [0.2, 0.25) is 5.02 Å². The molecule has 1 aromatic rings. The Balaban J connectivity index is 1.71. The van der Waals surface area contributed by atoms with Gasteiger partial charge in [0.1, 0.15) is 0 Å². The fourth-order valence-electron chi connectivity index (χ4n) is 4.31. The molecule has 148 valence electrons. The first kappa shape index (κ1) is 20.2. The van der Waals surface area contributed by atoms with Gasteiger partial charge in [0.15, 0.2) is 0 Å². The van der Waals surface area contributed by atoms with E-state index in [2.05, 4.69) is 17.3 Å². The number of likely N-dealkylation sites (tertiary alicyclic amines) is 2. The lowest BCUT2D eigenvalue weighted by Crippen LogP contribution is -2.48. The number of halogens is 1. The van der Waals surface area contributed by atoms with Gasteiger partial charge in [-0.05, 0) is 69.9 Å². The third-order valence-electron chi connectivity index (χ3n) is 6.00. The predicted octanol–water partition coefficient (Wildman–Crippen LogP) is 3.10. The summed E-state index contributed by atoms with van der Waals surface area (Å²) in [5.41, 5.74) is 0.980. The van der Waals surface area contributed by atoms with Gasteiger partial charge < -0.3 is 15.1 Å². The molecule has 3 rings (SSSR count). The van der Waals surface area contributed by atoms with Crippen LogP contribution in [0.15, 0.2) is 24.3 Å². The van der Waals surface area contributed by atoms with Gasteiger partial charge in [-0.3, -0.25) is 9.59 Å². The lowest BCUT2D eigenvalue weighted by atomic mass is 9.83. The van der Waals surface area contributed by atoms with Crippen molar-refractivity contribution in [3.8, 4) is 0 Å². The van der Waals surface area contributed by atoms with Crippen molar-refractivity contribution < 1.29 is 9.59 Å². The highest BCUT2D eigenvalue weighted by Gasteiger charge is 2.40. The number of amides is 2. The molecular formula is C21H30ClN3O2. The summed E-state index contributed by atoms with van der Waals surface area (Å²) in [7, 11) is 2.14. The number of piperidine rings is 2. The van der Waals surface area contributed by atoms with Crippen LogP contribution >= 0.6 is 11.6 Å². The SMILES string of the molecule is CCN1C(=O)CC[C@@H](C(=O)NCC2CCN(C)CC2)[C@@H]1c1ccc(Cl)cc1. The molecule has 2 saturated heterocycles. The molecule has 2 aliphatic heterocycles. The van der Waals surface area contributed by atoms with Crippen LogP contribution in [0.5, 0.6) is 0 Å². The molecule has 2 atom stereocenters. The highest BCUT2D eigenvalue weighted by molar-refractivity contribution is 6.30. The number of nitrogens with zero attached hydrogens (tertiary/aromatic N) is 2. The fourth-order valence-corrected chi connectivity index (χ4v) is 4.44. The lowest BCUT2D eigenvalue weighted by molar-refractivity contribution is -0.143. The molecule has 2 amide bonds. The van der Waals surface area contributed by atoms with Gasteiger partial charge in [0.2, 0.25) is 11.8 Å². The molecule has 1 aromatic carbocycles. The Labute approximate surface area is 167 Å². The second kappa shape index (κ2) is 9.07. The minimum atomic E-state index is -0.217. The molecule has 2 heterocycles. The molecule has 0 unspecified atom stereocenters. The smallest absolute Gasteiger partial charge is 0.225 e. The first-order chi connectivity index (χ1) is 13.0. The normalized spacial score (nSPS) is 24.9. The Bertz CT molecular complexity index is 656. The highest BCUT2D eigenvalue weighted by atomic mass is 35.5.